The molecule has 0 spiro atoms. The van der Waals surface area contributed by atoms with Crippen LogP contribution in [0.25, 0.3) is 11.3 Å². The molecule has 9 heteroatoms. The number of hydrogen-bond acceptors (Lipinski definition) is 4. The number of benzene rings is 1. The summed E-state index contributed by atoms with van der Waals surface area (Å²) in [7, 11) is 1.85. The lowest BCUT2D eigenvalue weighted by atomic mass is 9.96. The van der Waals surface area contributed by atoms with Gasteiger partial charge in [0.05, 0.1) is 16.8 Å². The number of aromatic nitrogens is 3. The second-order valence-electron chi connectivity index (χ2n) is 7.99. The van der Waals surface area contributed by atoms with Crippen molar-refractivity contribution in [3.8, 4) is 11.3 Å². The van der Waals surface area contributed by atoms with Crippen molar-refractivity contribution >= 4 is 34.8 Å². The van der Waals surface area contributed by atoms with Gasteiger partial charge in [0.25, 0.3) is 11.5 Å². The van der Waals surface area contributed by atoms with Gasteiger partial charge in [0.1, 0.15) is 5.69 Å². The largest absolute Gasteiger partial charge is 0.355 e. The third-order valence-electron chi connectivity index (χ3n) is 6.06. The molecule has 0 unspecified atom stereocenters. The normalized spacial score (nSPS) is 14.7. The Morgan fingerprint density at radius 3 is 2.61 bits per heavy atom. The van der Waals surface area contributed by atoms with Gasteiger partial charge in [-0.3, -0.25) is 14.3 Å². The average molecular weight is 463 g/mol. The average Bonchev–Trinajstić information content (AvgIpc) is 3.23. The molecule has 2 aromatic heterocycles. The Morgan fingerprint density at radius 1 is 1.19 bits per heavy atom. The molecule has 3 aromatic rings. The van der Waals surface area contributed by atoms with Crippen molar-refractivity contribution in [3.63, 3.8) is 0 Å². The highest BCUT2D eigenvalue weighted by Gasteiger charge is 2.27. The minimum Gasteiger partial charge on any atom is -0.355 e. The fraction of sp³-hybridized carbons (Fsp3) is 0.409. The van der Waals surface area contributed by atoms with E-state index >= 15 is 0 Å². The van der Waals surface area contributed by atoms with Gasteiger partial charge in [-0.1, -0.05) is 47.6 Å². The first kappa shape index (κ1) is 21.7. The van der Waals surface area contributed by atoms with E-state index in [4.69, 9.17) is 27.7 Å². The van der Waals surface area contributed by atoms with Crippen LogP contribution in [0.1, 0.15) is 59.9 Å². The third-order valence-corrected chi connectivity index (χ3v) is 6.63. The number of carbonyl (C=O) groups is 1. The van der Waals surface area contributed by atoms with Crippen molar-refractivity contribution in [2.45, 2.75) is 52.0 Å². The van der Waals surface area contributed by atoms with Crippen molar-refractivity contribution in [2.24, 2.45) is 7.05 Å². The fourth-order valence-corrected chi connectivity index (χ4v) is 4.63. The summed E-state index contributed by atoms with van der Waals surface area (Å²) in [5.41, 5.74) is 1.93. The van der Waals surface area contributed by atoms with Crippen molar-refractivity contribution in [3.05, 3.63) is 55.5 Å². The summed E-state index contributed by atoms with van der Waals surface area (Å²) in [5.74, 6) is -0.144. The molecule has 7 nitrogen and oxygen atoms in total. The zero-order valence-electron chi connectivity index (χ0n) is 17.7. The first-order valence-electron chi connectivity index (χ1n) is 10.3. The Bertz CT molecular complexity index is 1200. The number of rotatable bonds is 4. The molecule has 0 bridgehead atoms. The minimum absolute atomic E-state index is 0.0953. The Hall–Kier alpha value is -2.51. The molecule has 1 aromatic carbocycles. The molecule has 31 heavy (non-hydrogen) atoms. The Balaban J connectivity index is 1.65. The Labute approximate surface area is 189 Å². The molecule has 1 aliphatic carbocycles. The van der Waals surface area contributed by atoms with Gasteiger partial charge < -0.3 is 9.84 Å². The molecule has 1 N–H and O–H groups in total. The Morgan fingerprint density at radius 2 is 1.90 bits per heavy atom. The highest BCUT2D eigenvalue weighted by molar-refractivity contribution is 6.35. The SMILES string of the molecule is Cc1c(C(=O)Nc2c(C)n(C)n(C3CCCCC3)c2=O)noc1-c1cc(Cl)ccc1Cl. The van der Waals surface area contributed by atoms with E-state index in [1.807, 2.05) is 18.7 Å². The van der Waals surface area contributed by atoms with Crippen LogP contribution >= 0.6 is 23.2 Å². The quantitative estimate of drug-likeness (QED) is 0.552. The van der Waals surface area contributed by atoms with Crippen LogP contribution in [0.5, 0.6) is 0 Å². The number of hydrogen-bond donors (Lipinski definition) is 1. The summed E-state index contributed by atoms with van der Waals surface area (Å²) >= 11 is 12.3. The first-order chi connectivity index (χ1) is 14.8. The van der Waals surface area contributed by atoms with Crippen LogP contribution in [0.15, 0.2) is 27.5 Å². The van der Waals surface area contributed by atoms with Crippen LogP contribution in [0.3, 0.4) is 0 Å². The van der Waals surface area contributed by atoms with Gasteiger partial charge in [-0.05, 0) is 44.9 Å². The highest BCUT2D eigenvalue weighted by Crippen LogP contribution is 2.34. The zero-order valence-corrected chi connectivity index (χ0v) is 19.2. The number of halogens is 2. The molecule has 1 amide bonds. The monoisotopic (exact) mass is 462 g/mol. The van der Waals surface area contributed by atoms with Crippen LogP contribution < -0.4 is 10.9 Å². The summed E-state index contributed by atoms with van der Waals surface area (Å²) in [4.78, 5) is 26.1. The lowest BCUT2D eigenvalue weighted by molar-refractivity contribution is 0.101. The highest BCUT2D eigenvalue weighted by atomic mass is 35.5. The minimum atomic E-state index is -0.507. The lowest BCUT2D eigenvalue weighted by Gasteiger charge is -2.24. The molecular formula is C22H24Cl2N4O3. The molecule has 0 atom stereocenters. The van der Waals surface area contributed by atoms with E-state index in [9.17, 15) is 9.59 Å². The molecule has 164 valence electrons. The molecule has 1 aliphatic rings. The summed E-state index contributed by atoms with van der Waals surface area (Å²) in [5, 5.41) is 7.61. The van der Waals surface area contributed by atoms with Crippen LogP contribution in [-0.4, -0.2) is 20.4 Å². The summed E-state index contributed by atoms with van der Waals surface area (Å²) < 4.78 is 9.01. The van der Waals surface area contributed by atoms with E-state index in [0.717, 1.165) is 25.7 Å². The van der Waals surface area contributed by atoms with Crippen molar-refractivity contribution in [1.82, 2.24) is 14.5 Å². The maximum Gasteiger partial charge on any atom is 0.291 e. The van der Waals surface area contributed by atoms with Crippen LogP contribution in [0.2, 0.25) is 10.0 Å². The molecule has 4 rings (SSSR count). The number of anilines is 1. The van der Waals surface area contributed by atoms with Gasteiger partial charge in [0.15, 0.2) is 11.5 Å². The standard InChI is InChI=1S/C22H24Cl2N4O3/c1-12-18(26-31-20(12)16-11-14(23)9-10-17(16)24)21(29)25-19-13(2)27(3)28(22(19)30)15-7-5-4-6-8-15/h9-11,15H,4-8H2,1-3H3,(H,25,29). The van der Waals surface area contributed by atoms with Gasteiger partial charge >= 0.3 is 0 Å². The first-order valence-corrected chi connectivity index (χ1v) is 11.1. The molecular weight excluding hydrogens is 439 g/mol. The molecule has 0 saturated heterocycles. The number of nitrogens with one attached hydrogen (secondary N) is 1. The molecule has 0 aliphatic heterocycles. The number of carbonyl (C=O) groups excluding carboxylic acids is 1. The second kappa shape index (κ2) is 8.55. The summed E-state index contributed by atoms with van der Waals surface area (Å²) in [6.45, 7) is 3.54. The molecule has 0 radical (unpaired) electrons. The molecule has 1 fully saturated rings. The van der Waals surface area contributed by atoms with E-state index in [1.165, 1.54) is 6.42 Å². The Kier molecular flexibility index (Phi) is 5.99. The topological polar surface area (TPSA) is 82.1 Å². The third kappa shape index (κ3) is 3.92. The van der Waals surface area contributed by atoms with Gasteiger partial charge in [-0.15, -0.1) is 0 Å². The number of nitrogens with zero attached hydrogens (tertiary/aromatic N) is 3. The predicted molar refractivity (Wildman–Crippen MR) is 121 cm³/mol. The van der Waals surface area contributed by atoms with E-state index in [-0.39, 0.29) is 23.0 Å². The maximum atomic E-state index is 13.1. The van der Waals surface area contributed by atoms with E-state index in [2.05, 4.69) is 10.5 Å². The summed E-state index contributed by atoms with van der Waals surface area (Å²) in [6, 6.07) is 5.13. The van der Waals surface area contributed by atoms with Gasteiger partial charge in [-0.2, -0.15) is 0 Å². The maximum absolute atomic E-state index is 13.1. The van der Waals surface area contributed by atoms with Crippen LogP contribution in [-0.2, 0) is 7.05 Å². The van der Waals surface area contributed by atoms with Gasteiger partial charge in [-0.25, -0.2) is 4.68 Å². The predicted octanol–water partition coefficient (Wildman–Crippen LogP) is 5.52. The van der Waals surface area contributed by atoms with Gasteiger partial charge in [0, 0.05) is 23.2 Å². The van der Waals surface area contributed by atoms with Crippen molar-refractivity contribution < 1.29 is 9.32 Å². The summed E-state index contributed by atoms with van der Waals surface area (Å²) in [6.07, 6.45) is 5.35. The van der Waals surface area contributed by atoms with Crippen LogP contribution in [0, 0.1) is 13.8 Å². The fourth-order valence-electron chi connectivity index (χ4n) is 4.25. The smallest absolute Gasteiger partial charge is 0.291 e. The van der Waals surface area contributed by atoms with E-state index in [0.29, 0.717) is 32.6 Å². The van der Waals surface area contributed by atoms with E-state index in [1.54, 1.807) is 29.8 Å². The number of amides is 1. The van der Waals surface area contributed by atoms with Crippen molar-refractivity contribution in [1.29, 1.82) is 0 Å². The zero-order chi connectivity index (χ0) is 22.3. The van der Waals surface area contributed by atoms with E-state index < -0.39 is 5.91 Å². The molecule has 2 heterocycles. The van der Waals surface area contributed by atoms with Crippen molar-refractivity contribution in [2.75, 3.05) is 5.32 Å². The van der Waals surface area contributed by atoms with Crippen LogP contribution in [0.4, 0.5) is 5.69 Å². The lowest BCUT2D eigenvalue weighted by Crippen LogP contribution is -2.29. The second-order valence-corrected chi connectivity index (χ2v) is 8.83. The molecule has 1 saturated carbocycles. The van der Waals surface area contributed by atoms with Gasteiger partial charge in [0.2, 0.25) is 0 Å².